The van der Waals surface area contributed by atoms with E-state index in [1.165, 1.54) is 4.90 Å². The summed E-state index contributed by atoms with van der Waals surface area (Å²) in [4.78, 5) is 15.8. The number of anilines is 1. The molecule has 25 heavy (non-hydrogen) atoms. The molecule has 1 aliphatic rings. The van der Waals surface area contributed by atoms with Crippen LogP contribution in [0.4, 0.5) is 5.69 Å². The number of nitrogen functional groups attached to an aromatic ring is 1. The quantitative estimate of drug-likeness (QED) is 0.605. The van der Waals surface area contributed by atoms with Crippen LogP contribution in [0.5, 0.6) is 0 Å². The maximum atomic E-state index is 12.4. The van der Waals surface area contributed by atoms with Crippen molar-refractivity contribution in [3.8, 4) is 0 Å². The Balaban J connectivity index is 0.00000225. The highest BCUT2D eigenvalue weighted by Crippen LogP contribution is 2.26. The molecule has 1 amide bonds. The lowest BCUT2D eigenvalue weighted by Gasteiger charge is -2.17. The fourth-order valence-electron chi connectivity index (χ4n) is 3.09. The smallest absolute Gasteiger partial charge is 0.222 e. The molecule has 2 N–H and O–H groups in total. The predicted molar refractivity (Wildman–Crippen MR) is 108 cm³/mol. The van der Waals surface area contributed by atoms with Gasteiger partial charge in [-0.2, -0.15) is 0 Å². The Morgan fingerprint density at radius 3 is 2.60 bits per heavy atom. The zero-order chi connectivity index (χ0) is 16.8. The molecule has 0 spiro atoms. The van der Waals surface area contributed by atoms with Gasteiger partial charge in [0.25, 0.3) is 0 Å². The van der Waals surface area contributed by atoms with E-state index in [4.69, 9.17) is 5.73 Å². The topological polar surface area (TPSA) is 46.3 Å². The Hall–Kier alpha value is -1.65. The SMILES string of the molecule is Cl.Nc1ccccc1CCC(=O)N1CCC(CSc2ccccc2)C1. The first kappa shape index (κ1) is 19.7. The number of para-hydroxylation sites is 1. The minimum absolute atomic E-state index is 0. The number of hydrogen-bond donors (Lipinski definition) is 1. The van der Waals surface area contributed by atoms with Gasteiger partial charge < -0.3 is 10.6 Å². The Kier molecular flexibility index (Phi) is 7.66. The summed E-state index contributed by atoms with van der Waals surface area (Å²) in [6.45, 7) is 1.78. The summed E-state index contributed by atoms with van der Waals surface area (Å²) in [5.41, 5.74) is 7.80. The Morgan fingerprint density at radius 2 is 1.84 bits per heavy atom. The van der Waals surface area contributed by atoms with E-state index in [2.05, 4.69) is 24.3 Å². The van der Waals surface area contributed by atoms with Crippen LogP contribution in [0.2, 0.25) is 0 Å². The number of nitrogens with two attached hydrogens (primary N) is 1. The Labute approximate surface area is 160 Å². The van der Waals surface area contributed by atoms with Crippen LogP contribution in [0.15, 0.2) is 59.5 Å². The number of benzene rings is 2. The molecule has 3 nitrogen and oxygen atoms in total. The van der Waals surface area contributed by atoms with Gasteiger partial charge in [-0.1, -0.05) is 36.4 Å². The fourth-order valence-corrected chi connectivity index (χ4v) is 4.14. The number of amides is 1. The maximum absolute atomic E-state index is 12.4. The summed E-state index contributed by atoms with van der Waals surface area (Å²) in [7, 11) is 0. The number of carbonyl (C=O) groups is 1. The monoisotopic (exact) mass is 376 g/mol. The van der Waals surface area contributed by atoms with Crippen LogP contribution >= 0.6 is 24.2 Å². The van der Waals surface area contributed by atoms with Crippen molar-refractivity contribution in [1.82, 2.24) is 4.90 Å². The molecule has 3 rings (SSSR count). The van der Waals surface area contributed by atoms with Crippen LogP contribution in [-0.4, -0.2) is 29.6 Å². The van der Waals surface area contributed by atoms with Gasteiger partial charge in [0.05, 0.1) is 0 Å². The second-order valence-electron chi connectivity index (χ2n) is 6.32. The van der Waals surface area contributed by atoms with Crippen LogP contribution < -0.4 is 5.73 Å². The van der Waals surface area contributed by atoms with E-state index < -0.39 is 0 Å². The van der Waals surface area contributed by atoms with E-state index in [-0.39, 0.29) is 18.3 Å². The standard InChI is InChI=1S/C20H24N2OS.ClH/c21-19-9-5-4-6-17(19)10-11-20(23)22-13-12-16(14-22)15-24-18-7-2-1-3-8-18;/h1-9,16H,10-15,21H2;1H. The molecule has 1 atom stereocenters. The van der Waals surface area contributed by atoms with Crippen molar-refractivity contribution in [1.29, 1.82) is 0 Å². The molecule has 1 saturated heterocycles. The molecule has 1 unspecified atom stereocenters. The van der Waals surface area contributed by atoms with Gasteiger partial charge in [-0.25, -0.2) is 0 Å². The third-order valence-corrected chi connectivity index (χ3v) is 5.77. The predicted octanol–water partition coefficient (Wildman–Crippen LogP) is 4.26. The molecule has 2 aromatic carbocycles. The van der Waals surface area contributed by atoms with Gasteiger partial charge in [0.2, 0.25) is 5.91 Å². The van der Waals surface area contributed by atoms with Crippen molar-refractivity contribution >= 4 is 35.8 Å². The molecule has 0 radical (unpaired) electrons. The van der Waals surface area contributed by atoms with Gasteiger partial charge in [-0.15, -0.1) is 24.2 Å². The Morgan fingerprint density at radius 1 is 1.12 bits per heavy atom. The summed E-state index contributed by atoms with van der Waals surface area (Å²) in [6, 6.07) is 18.3. The molecule has 5 heteroatoms. The summed E-state index contributed by atoms with van der Waals surface area (Å²) in [5.74, 6) is 1.94. The summed E-state index contributed by atoms with van der Waals surface area (Å²) in [6.07, 6.45) is 2.39. The van der Waals surface area contributed by atoms with E-state index >= 15 is 0 Å². The number of halogens is 1. The minimum atomic E-state index is 0. The number of carbonyl (C=O) groups excluding carboxylic acids is 1. The number of thioether (sulfide) groups is 1. The first-order valence-electron chi connectivity index (χ1n) is 8.51. The second kappa shape index (κ2) is 9.73. The van der Waals surface area contributed by atoms with Crippen LogP contribution in [0.25, 0.3) is 0 Å². The number of likely N-dealkylation sites (tertiary alicyclic amines) is 1. The zero-order valence-electron chi connectivity index (χ0n) is 14.3. The highest BCUT2D eigenvalue weighted by molar-refractivity contribution is 7.99. The average Bonchev–Trinajstić information content (AvgIpc) is 3.09. The Bertz CT molecular complexity index is 680. The first-order valence-corrected chi connectivity index (χ1v) is 9.50. The highest BCUT2D eigenvalue weighted by Gasteiger charge is 2.25. The molecule has 0 bridgehead atoms. The third kappa shape index (κ3) is 5.68. The molecule has 1 heterocycles. The van der Waals surface area contributed by atoms with Crippen molar-refractivity contribution in [2.75, 3.05) is 24.6 Å². The average molecular weight is 377 g/mol. The normalized spacial score (nSPS) is 16.5. The number of hydrogen-bond acceptors (Lipinski definition) is 3. The molecule has 134 valence electrons. The van der Waals surface area contributed by atoms with Gasteiger partial charge in [-0.3, -0.25) is 4.79 Å². The molecular formula is C20H25ClN2OS. The van der Waals surface area contributed by atoms with Crippen molar-refractivity contribution in [2.45, 2.75) is 24.2 Å². The lowest BCUT2D eigenvalue weighted by atomic mass is 10.1. The highest BCUT2D eigenvalue weighted by atomic mass is 35.5. The van der Waals surface area contributed by atoms with Gasteiger partial charge in [0, 0.05) is 35.8 Å². The van der Waals surface area contributed by atoms with Crippen LogP contribution in [0, 0.1) is 5.92 Å². The lowest BCUT2D eigenvalue weighted by Crippen LogP contribution is -2.29. The number of aryl methyl sites for hydroxylation is 1. The third-order valence-electron chi connectivity index (χ3n) is 4.53. The number of nitrogens with zero attached hydrogens (tertiary/aromatic N) is 1. The zero-order valence-corrected chi connectivity index (χ0v) is 15.9. The molecule has 2 aromatic rings. The van der Waals surface area contributed by atoms with Crippen molar-refractivity contribution in [3.05, 3.63) is 60.2 Å². The molecular weight excluding hydrogens is 352 g/mol. The van der Waals surface area contributed by atoms with E-state index in [0.717, 1.165) is 42.9 Å². The van der Waals surface area contributed by atoms with Crippen molar-refractivity contribution in [2.24, 2.45) is 5.92 Å². The molecule has 0 aromatic heterocycles. The van der Waals surface area contributed by atoms with E-state index in [1.807, 2.05) is 47.0 Å². The van der Waals surface area contributed by atoms with Crippen LogP contribution in [-0.2, 0) is 11.2 Å². The van der Waals surface area contributed by atoms with E-state index in [1.54, 1.807) is 0 Å². The van der Waals surface area contributed by atoms with Crippen LogP contribution in [0.1, 0.15) is 18.4 Å². The molecule has 0 saturated carbocycles. The minimum Gasteiger partial charge on any atom is -0.399 e. The molecule has 1 aliphatic heterocycles. The van der Waals surface area contributed by atoms with E-state index in [9.17, 15) is 4.79 Å². The van der Waals surface area contributed by atoms with Gasteiger partial charge in [-0.05, 0) is 42.5 Å². The van der Waals surface area contributed by atoms with Crippen molar-refractivity contribution < 1.29 is 4.79 Å². The first-order chi connectivity index (χ1) is 11.7. The summed E-state index contributed by atoms with van der Waals surface area (Å²) in [5, 5.41) is 0. The fraction of sp³-hybridized carbons (Fsp3) is 0.350. The molecule has 0 aliphatic carbocycles. The van der Waals surface area contributed by atoms with E-state index in [0.29, 0.717) is 12.3 Å². The lowest BCUT2D eigenvalue weighted by molar-refractivity contribution is -0.130. The summed E-state index contributed by atoms with van der Waals surface area (Å²) < 4.78 is 0. The van der Waals surface area contributed by atoms with Gasteiger partial charge in [0.15, 0.2) is 0 Å². The molecule has 1 fully saturated rings. The van der Waals surface area contributed by atoms with Gasteiger partial charge in [0.1, 0.15) is 0 Å². The maximum Gasteiger partial charge on any atom is 0.222 e. The second-order valence-corrected chi connectivity index (χ2v) is 7.41. The number of rotatable bonds is 6. The van der Waals surface area contributed by atoms with Crippen molar-refractivity contribution in [3.63, 3.8) is 0 Å². The largest absolute Gasteiger partial charge is 0.399 e. The summed E-state index contributed by atoms with van der Waals surface area (Å²) >= 11 is 1.89. The van der Waals surface area contributed by atoms with Crippen LogP contribution in [0.3, 0.4) is 0 Å². The van der Waals surface area contributed by atoms with Gasteiger partial charge >= 0.3 is 0 Å².